The molecule has 1 aromatic carbocycles. The van der Waals surface area contributed by atoms with E-state index in [9.17, 15) is 14.7 Å². The van der Waals surface area contributed by atoms with E-state index in [-0.39, 0.29) is 28.4 Å². The minimum absolute atomic E-state index is 0.0398. The number of amides is 1. The quantitative estimate of drug-likeness (QED) is 0.813. The van der Waals surface area contributed by atoms with Crippen molar-refractivity contribution in [3.05, 3.63) is 61.5 Å². The zero-order chi connectivity index (χ0) is 16.4. The lowest BCUT2D eigenvalue weighted by Gasteiger charge is -2.11. The molecule has 0 radical (unpaired) electrons. The number of nitrogens with one attached hydrogen (secondary N) is 2. The first-order valence-electron chi connectivity index (χ1n) is 6.76. The Bertz CT molecular complexity index is 797. The van der Waals surface area contributed by atoms with Crippen molar-refractivity contribution in [2.45, 2.75) is 27.3 Å². The maximum absolute atomic E-state index is 12.2. The molecule has 3 N–H and O–H groups in total. The summed E-state index contributed by atoms with van der Waals surface area (Å²) < 4.78 is 0. The van der Waals surface area contributed by atoms with Gasteiger partial charge in [0, 0.05) is 34.0 Å². The Balaban J connectivity index is 2.23. The Hall–Kier alpha value is -2.27. The monoisotopic (exact) mass is 320 g/mol. The number of carbonyl (C=O) groups excluding carboxylic acids is 1. The average Bonchev–Trinajstić information content (AvgIpc) is 2.41. The van der Waals surface area contributed by atoms with Crippen LogP contribution in [0.5, 0.6) is 5.75 Å². The maximum atomic E-state index is 12.2. The molecule has 2 rings (SSSR count). The maximum Gasteiger partial charge on any atom is 0.253 e. The van der Waals surface area contributed by atoms with Crippen LogP contribution in [0.3, 0.4) is 0 Å². The summed E-state index contributed by atoms with van der Waals surface area (Å²) >= 11 is 5.86. The molecule has 0 saturated heterocycles. The average molecular weight is 321 g/mol. The molecular weight excluding hydrogens is 304 g/mol. The number of aromatic hydroxyl groups is 1. The Kier molecular flexibility index (Phi) is 4.56. The van der Waals surface area contributed by atoms with Gasteiger partial charge in [0.05, 0.1) is 0 Å². The van der Waals surface area contributed by atoms with E-state index in [0.717, 1.165) is 11.3 Å². The van der Waals surface area contributed by atoms with Gasteiger partial charge in [-0.05, 0) is 44.5 Å². The van der Waals surface area contributed by atoms with Crippen molar-refractivity contribution in [2.24, 2.45) is 0 Å². The molecule has 0 aliphatic carbocycles. The van der Waals surface area contributed by atoms with Gasteiger partial charge in [-0.15, -0.1) is 0 Å². The highest BCUT2D eigenvalue weighted by molar-refractivity contribution is 6.31. The van der Waals surface area contributed by atoms with Crippen LogP contribution in [0.15, 0.2) is 23.0 Å². The number of halogens is 1. The number of benzene rings is 1. The largest absolute Gasteiger partial charge is 0.508 e. The van der Waals surface area contributed by atoms with Gasteiger partial charge in [0.15, 0.2) is 0 Å². The van der Waals surface area contributed by atoms with Gasteiger partial charge in [0.2, 0.25) is 0 Å². The first-order valence-corrected chi connectivity index (χ1v) is 7.14. The minimum atomic E-state index is -0.394. The van der Waals surface area contributed by atoms with E-state index in [0.29, 0.717) is 11.1 Å². The number of aromatic nitrogens is 1. The van der Waals surface area contributed by atoms with Crippen molar-refractivity contribution < 1.29 is 9.90 Å². The Morgan fingerprint density at radius 2 is 1.95 bits per heavy atom. The van der Waals surface area contributed by atoms with E-state index >= 15 is 0 Å². The van der Waals surface area contributed by atoms with Gasteiger partial charge in [-0.2, -0.15) is 0 Å². The summed E-state index contributed by atoms with van der Waals surface area (Å²) in [7, 11) is 0. The SMILES string of the molecule is Cc1cc(C)c(CNC(=O)c2cc(Cl)cc(O)c2C)c(=O)[nH]1. The third-order valence-corrected chi connectivity index (χ3v) is 3.73. The van der Waals surface area contributed by atoms with Crippen LogP contribution < -0.4 is 10.9 Å². The van der Waals surface area contributed by atoms with Gasteiger partial charge < -0.3 is 15.4 Å². The second kappa shape index (κ2) is 6.23. The molecule has 0 spiro atoms. The molecule has 0 aliphatic heterocycles. The van der Waals surface area contributed by atoms with Crippen LogP contribution in [-0.4, -0.2) is 16.0 Å². The van der Waals surface area contributed by atoms with E-state index in [4.69, 9.17) is 11.6 Å². The van der Waals surface area contributed by atoms with Gasteiger partial charge in [-0.25, -0.2) is 0 Å². The molecule has 0 bridgehead atoms. The molecular formula is C16H17ClN2O3. The van der Waals surface area contributed by atoms with Crippen molar-refractivity contribution >= 4 is 17.5 Å². The second-order valence-electron chi connectivity index (χ2n) is 5.22. The van der Waals surface area contributed by atoms with E-state index < -0.39 is 5.91 Å². The molecule has 22 heavy (non-hydrogen) atoms. The second-order valence-corrected chi connectivity index (χ2v) is 5.66. The van der Waals surface area contributed by atoms with Gasteiger partial charge >= 0.3 is 0 Å². The standard InChI is InChI=1S/C16H17ClN2O3/c1-8-4-9(2)19-16(22)13(8)7-18-15(21)12-5-11(17)6-14(20)10(12)3/h4-6,20H,7H2,1-3H3,(H,18,21)(H,19,22). The molecule has 0 saturated carbocycles. The first kappa shape index (κ1) is 16.1. The fourth-order valence-electron chi connectivity index (χ4n) is 2.27. The van der Waals surface area contributed by atoms with Crippen molar-refractivity contribution in [1.29, 1.82) is 0 Å². The zero-order valence-electron chi connectivity index (χ0n) is 12.6. The lowest BCUT2D eigenvalue weighted by Crippen LogP contribution is -2.28. The van der Waals surface area contributed by atoms with Crippen molar-refractivity contribution in [2.75, 3.05) is 0 Å². The molecule has 1 heterocycles. The molecule has 1 aromatic heterocycles. The highest BCUT2D eigenvalue weighted by atomic mass is 35.5. The molecule has 6 heteroatoms. The summed E-state index contributed by atoms with van der Waals surface area (Å²) in [5.74, 6) is -0.434. The number of H-pyrrole nitrogens is 1. The molecule has 0 atom stereocenters. The number of aromatic amines is 1. The van der Waals surface area contributed by atoms with Gasteiger partial charge in [-0.3, -0.25) is 9.59 Å². The fraction of sp³-hybridized carbons (Fsp3) is 0.250. The Labute approximate surface area is 133 Å². The van der Waals surface area contributed by atoms with Gasteiger partial charge in [0.25, 0.3) is 11.5 Å². The van der Waals surface area contributed by atoms with Crippen molar-refractivity contribution in [3.63, 3.8) is 0 Å². The summed E-state index contributed by atoms with van der Waals surface area (Å²) in [6.45, 7) is 5.35. The predicted octanol–water partition coefficient (Wildman–Crippen LogP) is 2.59. The van der Waals surface area contributed by atoms with Crippen LogP contribution in [0.4, 0.5) is 0 Å². The minimum Gasteiger partial charge on any atom is -0.508 e. The van der Waals surface area contributed by atoms with E-state index in [2.05, 4.69) is 10.3 Å². The summed E-state index contributed by atoms with van der Waals surface area (Å²) in [5.41, 5.74) is 2.59. The summed E-state index contributed by atoms with van der Waals surface area (Å²) in [5, 5.41) is 12.7. The number of carbonyl (C=O) groups is 1. The van der Waals surface area contributed by atoms with Crippen LogP contribution in [-0.2, 0) is 6.54 Å². The summed E-state index contributed by atoms with van der Waals surface area (Å²) in [4.78, 5) is 26.9. The molecule has 0 fully saturated rings. The lowest BCUT2D eigenvalue weighted by atomic mass is 10.1. The number of phenolic OH excluding ortho intramolecular Hbond substituents is 1. The number of hydrogen-bond acceptors (Lipinski definition) is 3. The number of aryl methyl sites for hydroxylation is 2. The number of rotatable bonds is 3. The van der Waals surface area contributed by atoms with E-state index in [1.165, 1.54) is 12.1 Å². The molecule has 2 aromatic rings. The number of phenols is 1. The lowest BCUT2D eigenvalue weighted by molar-refractivity contribution is 0.0949. The topological polar surface area (TPSA) is 82.2 Å². The molecule has 116 valence electrons. The van der Waals surface area contributed by atoms with E-state index in [1.807, 2.05) is 13.0 Å². The Morgan fingerprint density at radius 3 is 2.59 bits per heavy atom. The third kappa shape index (κ3) is 3.31. The molecule has 5 nitrogen and oxygen atoms in total. The highest BCUT2D eigenvalue weighted by Crippen LogP contribution is 2.25. The van der Waals surface area contributed by atoms with Gasteiger partial charge in [-0.1, -0.05) is 11.6 Å². The van der Waals surface area contributed by atoms with Crippen LogP contribution in [0.1, 0.15) is 32.7 Å². The zero-order valence-corrected chi connectivity index (χ0v) is 13.3. The fourth-order valence-corrected chi connectivity index (χ4v) is 2.48. The van der Waals surface area contributed by atoms with Crippen LogP contribution >= 0.6 is 11.6 Å². The molecule has 0 aliphatic rings. The number of pyridine rings is 1. The molecule has 1 amide bonds. The predicted molar refractivity (Wildman–Crippen MR) is 85.6 cm³/mol. The van der Waals surface area contributed by atoms with Crippen LogP contribution in [0.25, 0.3) is 0 Å². The van der Waals surface area contributed by atoms with E-state index in [1.54, 1.807) is 13.8 Å². The first-order chi connectivity index (χ1) is 10.3. The Morgan fingerprint density at radius 1 is 1.27 bits per heavy atom. The summed E-state index contributed by atoms with van der Waals surface area (Å²) in [6.07, 6.45) is 0. The number of hydrogen-bond donors (Lipinski definition) is 3. The van der Waals surface area contributed by atoms with Crippen molar-refractivity contribution in [3.8, 4) is 5.75 Å². The molecule has 0 unspecified atom stereocenters. The van der Waals surface area contributed by atoms with Crippen molar-refractivity contribution in [1.82, 2.24) is 10.3 Å². The summed E-state index contributed by atoms with van der Waals surface area (Å²) in [6, 6.07) is 4.71. The smallest absolute Gasteiger partial charge is 0.253 e. The third-order valence-electron chi connectivity index (χ3n) is 3.51. The van der Waals surface area contributed by atoms with Gasteiger partial charge in [0.1, 0.15) is 5.75 Å². The van der Waals surface area contributed by atoms with Crippen LogP contribution in [0, 0.1) is 20.8 Å². The highest BCUT2D eigenvalue weighted by Gasteiger charge is 2.14. The van der Waals surface area contributed by atoms with Crippen LogP contribution in [0.2, 0.25) is 5.02 Å². The normalized spacial score (nSPS) is 10.5.